The van der Waals surface area contributed by atoms with Gasteiger partial charge in [0.15, 0.2) is 0 Å². The van der Waals surface area contributed by atoms with Crippen molar-refractivity contribution >= 4 is 28.9 Å². The maximum atomic E-state index is 12.0. The molecule has 0 radical (unpaired) electrons. The summed E-state index contributed by atoms with van der Waals surface area (Å²) >= 11 is 0. The van der Waals surface area contributed by atoms with Crippen LogP contribution in [0.3, 0.4) is 0 Å². The van der Waals surface area contributed by atoms with E-state index in [1.807, 2.05) is 31.2 Å². The summed E-state index contributed by atoms with van der Waals surface area (Å²) in [4.78, 5) is 23.1. The number of amides is 2. The molecule has 0 aliphatic heterocycles. The second-order valence-corrected chi connectivity index (χ2v) is 5.18. The van der Waals surface area contributed by atoms with Crippen LogP contribution >= 0.6 is 0 Å². The maximum Gasteiger partial charge on any atom is 0.243 e. The number of aryl methyl sites for hydroxylation is 1. The molecule has 0 bridgehead atoms. The summed E-state index contributed by atoms with van der Waals surface area (Å²) in [5, 5.41) is 17.8. The van der Waals surface area contributed by atoms with E-state index in [0.717, 1.165) is 5.56 Å². The molecule has 2 amide bonds. The zero-order valence-corrected chi connectivity index (χ0v) is 13.0. The van der Waals surface area contributed by atoms with Crippen molar-refractivity contribution in [3.8, 4) is 5.75 Å². The Morgan fingerprint density at radius 2 is 1.70 bits per heavy atom. The number of carbonyl (C=O) groups is 2. The first-order valence-electron chi connectivity index (χ1n) is 7.15. The highest BCUT2D eigenvalue weighted by Gasteiger charge is 2.08. The van der Waals surface area contributed by atoms with Crippen LogP contribution in [0.2, 0.25) is 0 Å². The number of hydrogen-bond donors (Lipinski definition) is 4. The number of phenolic OH excluding ortho intramolecular Hbond substituents is 1. The van der Waals surface area contributed by atoms with Crippen LogP contribution < -0.4 is 16.0 Å². The Morgan fingerprint density at radius 3 is 2.35 bits per heavy atom. The van der Waals surface area contributed by atoms with E-state index in [2.05, 4.69) is 16.0 Å². The van der Waals surface area contributed by atoms with Gasteiger partial charge in [-0.3, -0.25) is 9.59 Å². The van der Waals surface area contributed by atoms with Crippen molar-refractivity contribution in [1.82, 2.24) is 0 Å². The zero-order valence-electron chi connectivity index (χ0n) is 13.0. The lowest BCUT2D eigenvalue weighted by Crippen LogP contribution is -2.22. The highest BCUT2D eigenvalue weighted by atomic mass is 16.3. The predicted octanol–water partition coefficient (Wildman–Crippen LogP) is 2.71. The second kappa shape index (κ2) is 7.31. The first-order valence-corrected chi connectivity index (χ1v) is 7.15. The summed E-state index contributed by atoms with van der Waals surface area (Å²) in [5.74, 6) is -0.422. The fraction of sp³-hybridized carbons (Fsp3) is 0.176. The minimum Gasteiger partial charge on any atom is -0.508 e. The topological polar surface area (TPSA) is 90.5 Å². The summed E-state index contributed by atoms with van der Waals surface area (Å²) in [6.45, 7) is 3.36. The van der Waals surface area contributed by atoms with Gasteiger partial charge in [-0.05, 0) is 31.2 Å². The maximum absolute atomic E-state index is 12.0. The van der Waals surface area contributed by atoms with Gasteiger partial charge in [0, 0.05) is 18.7 Å². The molecule has 0 heterocycles. The van der Waals surface area contributed by atoms with E-state index < -0.39 is 0 Å². The van der Waals surface area contributed by atoms with Crippen LogP contribution in [0, 0.1) is 6.92 Å². The third-order valence-corrected chi connectivity index (χ3v) is 3.09. The number of carbonyl (C=O) groups excluding carboxylic acids is 2. The lowest BCUT2D eigenvalue weighted by Gasteiger charge is -2.13. The normalized spacial score (nSPS) is 10.0. The number of nitrogens with one attached hydrogen (secondary N) is 3. The van der Waals surface area contributed by atoms with Crippen LogP contribution in [0.1, 0.15) is 12.5 Å². The first kappa shape index (κ1) is 16.4. The molecule has 23 heavy (non-hydrogen) atoms. The Kier molecular flexibility index (Phi) is 5.19. The molecule has 2 rings (SSSR count). The van der Waals surface area contributed by atoms with Gasteiger partial charge in [0.05, 0.1) is 17.9 Å². The van der Waals surface area contributed by atoms with Crippen molar-refractivity contribution in [3.05, 3.63) is 48.0 Å². The van der Waals surface area contributed by atoms with Crippen LogP contribution in [0.15, 0.2) is 42.5 Å². The van der Waals surface area contributed by atoms with Gasteiger partial charge in [0.2, 0.25) is 11.8 Å². The molecule has 0 aromatic heterocycles. The van der Waals surface area contributed by atoms with E-state index in [9.17, 15) is 14.7 Å². The predicted molar refractivity (Wildman–Crippen MR) is 90.7 cm³/mol. The van der Waals surface area contributed by atoms with Crippen molar-refractivity contribution in [2.75, 3.05) is 22.5 Å². The largest absolute Gasteiger partial charge is 0.508 e. The summed E-state index contributed by atoms with van der Waals surface area (Å²) < 4.78 is 0. The molecule has 0 saturated carbocycles. The van der Waals surface area contributed by atoms with Crippen LogP contribution in [0.4, 0.5) is 17.1 Å². The third-order valence-electron chi connectivity index (χ3n) is 3.09. The number of anilines is 3. The standard InChI is InChI=1S/C17H19N3O3/c1-11-3-5-13(6-4-11)20-17(23)10-18-16-9-14(22)7-8-15(16)19-12(2)21/h3-9,18,22H,10H2,1-2H3,(H,19,21)(H,20,23). The van der Waals surface area contributed by atoms with Crippen molar-refractivity contribution in [3.63, 3.8) is 0 Å². The van der Waals surface area contributed by atoms with Gasteiger partial charge in [0.25, 0.3) is 0 Å². The van der Waals surface area contributed by atoms with E-state index in [-0.39, 0.29) is 24.1 Å². The third kappa shape index (κ3) is 5.03. The minimum absolute atomic E-state index is 0.00388. The van der Waals surface area contributed by atoms with E-state index >= 15 is 0 Å². The molecule has 0 fully saturated rings. The molecular formula is C17H19N3O3. The van der Waals surface area contributed by atoms with E-state index in [0.29, 0.717) is 17.1 Å². The van der Waals surface area contributed by atoms with Crippen LogP contribution in [-0.4, -0.2) is 23.5 Å². The lowest BCUT2D eigenvalue weighted by molar-refractivity contribution is -0.115. The Bertz CT molecular complexity index is 712. The molecule has 6 heteroatoms. The molecule has 6 nitrogen and oxygen atoms in total. The summed E-state index contributed by atoms with van der Waals surface area (Å²) in [5.41, 5.74) is 2.79. The molecule has 0 aliphatic rings. The molecule has 0 aliphatic carbocycles. The fourth-order valence-corrected chi connectivity index (χ4v) is 1.99. The molecule has 0 unspecified atom stereocenters. The SMILES string of the molecule is CC(=O)Nc1ccc(O)cc1NCC(=O)Nc1ccc(C)cc1. The van der Waals surface area contributed by atoms with E-state index in [1.165, 1.54) is 19.1 Å². The molecule has 0 spiro atoms. The number of benzene rings is 2. The highest BCUT2D eigenvalue weighted by molar-refractivity contribution is 5.96. The van der Waals surface area contributed by atoms with Crippen LogP contribution in [-0.2, 0) is 9.59 Å². The monoisotopic (exact) mass is 313 g/mol. The highest BCUT2D eigenvalue weighted by Crippen LogP contribution is 2.26. The van der Waals surface area contributed by atoms with Gasteiger partial charge in [-0.15, -0.1) is 0 Å². The number of rotatable bonds is 5. The average Bonchev–Trinajstić information content (AvgIpc) is 2.49. The molecular weight excluding hydrogens is 294 g/mol. The Morgan fingerprint density at radius 1 is 1.00 bits per heavy atom. The fourth-order valence-electron chi connectivity index (χ4n) is 1.99. The molecule has 2 aromatic rings. The number of phenols is 1. The van der Waals surface area contributed by atoms with Gasteiger partial charge in [-0.25, -0.2) is 0 Å². The zero-order chi connectivity index (χ0) is 16.8. The second-order valence-electron chi connectivity index (χ2n) is 5.18. The number of aromatic hydroxyl groups is 1. The minimum atomic E-state index is -0.233. The molecule has 2 aromatic carbocycles. The van der Waals surface area contributed by atoms with Crippen molar-refractivity contribution in [1.29, 1.82) is 0 Å². The lowest BCUT2D eigenvalue weighted by atomic mass is 10.2. The number of hydrogen-bond acceptors (Lipinski definition) is 4. The van der Waals surface area contributed by atoms with Crippen LogP contribution in [0.5, 0.6) is 5.75 Å². The van der Waals surface area contributed by atoms with Gasteiger partial charge in [-0.1, -0.05) is 17.7 Å². The average molecular weight is 313 g/mol. The van der Waals surface area contributed by atoms with Crippen molar-refractivity contribution < 1.29 is 14.7 Å². The summed E-state index contributed by atoms with van der Waals surface area (Å²) in [6, 6.07) is 11.9. The van der Waals surface area contributed by atoms with E-state index in [4.69, 9.17) is 0 Å². The van der Waals surface area contributed by atoms with E-state index in [1.54, 1.807) is 6.07 Å². The van der Waals surface area contributed by atoms with Gasteiger partial charge in [-0.2, -0.15) is 0 Å². The van der Waals surface area contributed by atoms with Crippen LogP contribution in [0.25, 0.3) is 0 Å². The van der Waals surface area contributed by atoms with Gasteiger partial charge in [0.1, 0.15) is 5.75 Å². The molecule has 120 valence electrons. The first-order chi connectivity index (χ1) is 10.9. The van der Waals surface area contributed by atoms with Gasteiger partial charge < -0.3 is 21.1 Å². The van der Waals surface area contributed by atoms with Crippen molar-refractivity contribution in [2.24, 2.45) is 0 Å². The molecule has 0 atom stereocenters. The Hall–Kier alpha value is -3.02. The summed E-state index contributed by atoms with van der Waals surface area (Å²) in [7, 11) is 0. The molecule has 0 saturated heterocycles. The molecule has 4 N–H and O–H groups in total. The van der Waals surface area contributed by atoms with Crippen molar-refractivity contribution in [2.45, 2.75) is 13.8 Å². The Labute approximate surface area is 134 Å². The Balaban J connectivity index is 1.99. The smallest absolute Gasteiger partial charge is 0.243 e. The quantitative estimate of drug-likeness (QED) is 0.639. The summed E-state index contributed by atoms with van der Waals surface area (Å²) in [6.07, 6.45) is 0. The van der Waals surface area contributed by atoms with Gasteiger partial charge >= 0.3 is 0 Å².